The van der Waals surface area contributed by atoms with E-state index in [0.717, 1.165) is 5.56 Å². The predicted octanol–water partition coefficient (Wildman–Crippen LogP) is 2.58. The van der Waals surface area contributed by atoms with Crippen molar-refractivity contribution in [3.63, 3.8) is 0 Å². The van der Waals surface area contributed by atoms with Crippen LogP contribution in [-0.4, -0.2) is 9.55 Å². The number of aromatic nitrogens is 2. The Hall–Kier alpha value is -2.49. The van der Waals surface area contributed by atoms with Gasteiger partial charge in [-0.1, -0.05) is 30.3 Å². The lowest BCUT2D eigenvalue weighted by Crippen LogP contribution is -2.13. The molecule has 19 heavy (non-hydrogen) atoms. The van der Waals surface area contributed by atoms with Crippen molar-refractivity contribution in [1.29, 1.82) is 0 Å². The van der Waals surface area contributed by atoms with Gasteiger partial charge in [0.15, 0.2) is 0 Å². The summed E-state index contributed by atoms with van der Waals surface area (Å²) in [6.45, 7) is 0.594. The van der Waals surface area contributed by atoms with Gasteiger partial charge in [-0.15, -0.1) is 0 Å². The SMILES string of the molecule is O=c1ncn(Cc2ccccc2)c2ccc(F)cc12. The summed E-state index contributed by atoms with van der Waals surface area (Å²) in [6.07, 6.45) is 1.50. The van der Waals surface area contributed by atoms with Crippen molar-refractivity contribution >= 4 is 10.9 Å². The first kappa shape index (κ1) is 11.6. The Labute approximate surface area is 109 Å². The molecule has 3 nitrogen and oxygen atoms in total. The van der Waals surface area contributed by atoms with Crippen LogP contribution in [0.5, 0.6) is 0 Å². The number of nitrogens with zero attached hydrogens (tertiary/aromatic N) is 2. The van der Waals surface area contributed by atoms with Gasteiger partial charge >= 0.3 is 0 Å². The fraction of sp³-hybridized carbons (Fsp3) is 0.0667. The maximum atomic E-state index is 13.2. The third kappa shape index (κ3) is 2.25. The molecule has 0 aliphatic rings. The monoisotopic (exact) mass is 254 g/mol. The first-order valence-corrected chi connectivity index (χ1v) is 5.93. The topological polar surface area (TPSA) is 34.9 Å². The average Bonchev–Trinajstić information content (AvgIpc) is 2.43. The fourth-order valence-corrected chi connectivity index (χ4v) is 2.09. The number of halogens is 1. The summed E-state index contributed by atoms with van der Waals surface area (Å²) in [7, 11) is 0. The molecule has 0 aliphatic heterocycles. The minimum Gasteiger partial charge on any atom is -0.327 e. The molecule has 0 atom stereocenters. The fourth-order valence-electron chi connectivity index (χ4n) is 2.09. The van der Waals surface area contributed by atoms with E-state index in [1.54, 1.807) is 6.07 Å². The smallest absolute Gasteiger partial charge is 0.280 e. The van der Waals surface area contributed by atoms with Crippen molar-refractivity contribution in [3.05, 3.63) is 76.6 Å². The van der Waals surface area contributed by atoms with Gasteiger partial charge in [-0.2, -0.15) is 4.98 Å². The van der Waals surface area contributed by atoms with Gasteiger partial charge in [-0.25, -0.2) is 4.39 Å². The highest BCUT2D eigenvalue weighted by Crippen LogP contribution is 2.13. The Morgan fingerprint density at radius 1 is 1.11 bits per heavy atom. The Bertz CT molecular complexity index is 781. The first-order chi connectivity index (χ1) is 9.24. The highest BCUT2D eigenvalue weighted by atomic mass is 19.1. The predicted molar refractivity (Wildman–Crippen MR) is 71.5 cm³/mol. The van der Waals surface area contributed by atoms with E-state index in [1.807, 2.05) is 34.9 Å². The molecule has 0 N–H and O–H groups in total. The van der Waals surface area contributed by atoms with Crippen LogP contribution in [0.15, 0.2) is 59.7 Å². The molecule has 0 spiro atoms. The highest BCUT2D eigenvalue weighted by Gasteiger charge is 2.05. The van der Waals surface area contributed by atoms with Crippen molar-refractivity contribution in [2.24, 2.45) is 0 Å². The van der Waals surface area contributed by atoms with Crippen LogP contribution >= 0.6 is 0 Å². The summed E-state index contributed by atoms with van der Waals surface area (Å²) in [5, 5.41) is 0.304. The summed E-state index contributed by atoms with van der Waals surface area (Å²) in [6, 6.07) is 14.0. The molecule has 0 unspecified atom stereocenters. The number of hydrogen-bond acceptors (Lipinski definition) is 2. The quantitative estimate of drug-likeness (QED) is 0.704. The zero-order valence-corrected chi connectivity index (χ0v) is 10.1. The molecule has 4 heteroatoms. The Balaban J connectivity index is 2.15. The van der Waals surface area contributed by atoms with Gasteiger partial charge in [0.2, 0.25) is 0 Å². The Morgan fingerprint density at radius 3 is 2.68 bits per heavy atom. The molecule has 0 saturated heterocycles. The lowest BCUT2D eigenvalue weighted by atomic mass is 10.2. The molecule has 0 aliphatic carbocycles. The minimum atomic E-state index is -0.427. The van der Waals surface area contributed by atoms with E-state index < -0.39 is 11.4 Å². The highest BCUT2D eigenvalue weighted by molar-refractivity contribution is 5.77. The zero-order valence-electron chi connectivity index (χ0n) is 10.1. The number of fused-ring (bicyclic) bond motifs is 1. The minimum absolute atomic E-state index is 0.304. The lowest BCUT2D eigenvalue weighted by molar-refractivity contribution is 0.629. The lowest BCUT2D eigenvalue weighted by Gasteiger charge is -2.09. The third-order valence-electron chi connectivity index (χ3n) is 3.01. The van der Waals surface area contributed by atoms with Crippen molar-refractivity contribution < 1.29 is 4.39 Å². The molecule has 0 amide bonds. The number of rotatable bonds is 2. The largest absolute Gasteiger partial charge is 0.327 e. The summed E-state index contributed by atoms with van der Waals surface area (Å²) >= 11 is 0. The molecule has 0 radical (unpaired) electrons. The van der Waals surface area contributed by atoms with E-state index in [9.17, 15) is 9.18 Å². The van der Waals surface area contributed by atoms with Crippen LogP contribution in [0, 0.1) is 5.82 Å². The van der Waals surface area contributed by atoms with E-state index in [0.29, 0.717) is 17.4 Å². The van der Waals surface area contributed by atoms with Gasteiger partial charge in [-0.05, 0) is 23.8 Å². The Morgan fingerprint density at radius 2 is 1.89 bits per heavy atom. The normalized spacial score (nSPS) is 10.8. The molecule has 2 aromatic carbocycles. The number of hydrogen-bond donors (Lipinski definition) is 0. The van der Waals surface area contributed by atoms with Gasteiger partial charge in [0, 0.05) is 6.54 Å². The van der Waals surface area contributed by atoms with E-state index in [4.69, 9.17) is 0 Å². The summed E-state index contributed by atoms with van der Waals surface area (Å²) in [5.74, 6) is -0.427. The molecule has 1 aromatic heterocycles. The zero-order chi connectivity index (χ0) is 13.2. The van der Waals surface area contributed by atoms with Crippen LogP contribution < -0.4 is 5.56 Å². The van der Waals surface area contributed by atoms with Crippen molar-refractivity contribution in [1.82, 2.24) is 9.55 Å². The van der Waals surface area contributed by atoms with Crippen molar-refractivity contribution in [3.8, 4) is 0 Å². The van der Waals surface area contributed by atoms with Crippen LogP contribution in [0.4, 0.5) is 4.39 Å². The second-order valence-corrected chi connectivity index (χ2v) is 4.32. The second-order valence-electron chi connectivity index (χ2n) is 4.32. The second kappa shape index (κ2) is 4.65. The molecule has 3 rings (SSSR count). The van der Waals surface area contributed by atoms with Crippen LogP contribution in [-0.2, 0) is 6.54 Å². The van der Waals surface area contributed by atoms with Gasteiger partial charge in [0.25, 0.3) is 5.56 Å². The Kier molecular flexibility index (Phi) is 2.83. The van der Waals surface area contributed by atoms with E-state index in [-0.39, 0.29) is 0 Å². The molecule has 1 heterocycles. The van der Waals surface area contributed by atoms with Crippen molar-refractivity contribution in [2.75, 3.05) is 0 Å². The first-order valence-electron chi connectivity index (χ1n) is 5.93. The number of benzene rings is 2. The molecule has 0 bridgehead atoms. The average molecular weight is 254 g/mol. The van der Waals surface area contributed by atoms with Crippen LogP contribution in [0.1, 0.15) is 5.56 Å². The molecule has 0 saturated carbocycles. The van der Waals surface area contributed by atoms with Crippen LogP contribution in [0.25, 0.3) is 10.9 Å². The molecule has 3 aromatic rings. The third-order valence-corrected chi connectivity index (χ3v) is 3.01. The van der Waals surface area contributed by atoms with Gasteiger partial charge < -0.3 is 4.57 Å². The standard InChI is InChI=1S/C15H11FN2O/c16-12-6-7-14-13(8-12)15(19)17-10-18(14)9-11-4-2-1-3-5-11/h1-8,10H,9H2. The summed E-state index contributed by atoms with van der Waals surface area (Å²) < 4.78 is 15.0. The van der Waals surface area contributed by atoms with Gasteiger partial charge in [-0.3, -0.25) is 4.79 Å². The maximum Gasteiger partial charge on any atom is 0.280 e. The van der Waals surface area contributed by atoms with Crippen LogP contribution in [0.3, 0.4) is 0 Å². The molecular formula is C15H11FN2O. The molecule has 94 valence electrons. The van der Waals surface area contributed by atoms with Gasteiger partial charge in [0.05, 0.1) is 17.2 Å². The van der Waals surface area contributed by atoms with E-state index in [2.05, 4.69) is 4.98 Å². The summed E-state index contributed by atoms with van der Waals surface area (Å²) in [5.41, 5.74) is 1.38. The van der Waals surface area contributed by atoms with E-state index >= 15 is 0 Å². The molecule has 0 fully saturated rings. The van der Waals surface area contributed by atoms with Crippen molar-refractivity contribution in [2.45, 2.75) is 6.54 Å². The van der Waals surface area contributed by atoms with Crippen LogP contribution in [0.2, 0.25) is 0 Å². The molecular weight excluding hydrogens is 243 g/mol. The summed E-state index contributed by atoms with van der Waals surface area (Å²) in [4.78, 5) is 15.4. The van der Waals surface area contributed by atoms with E-state index in [1.165, 1.54) is 18.5 Å². The maximum absolute atomic E-state index is 13.2. The van der Waals surface area contributed by atoms with Gasteiger partial charge in [0.1, 0.15) is 5.82 Å².